The quantitative estimate of drug-likeness (QED) is 0.431. The highest BCUT2D eigenvalue weighted by Crippen LogP contribution is 2.13. The van der Waals surface area contributed by atoms with E-state index in [1.165, 1.54) is 17.4 Å². The molecule has 1 heterocycles. The van der Waals surface area contributed by atoms with E-state index in [1.807, 2.05) is 18.4 Å². The van der Waals surface area contributed by atoms with Gasteiger partial charge in [0.25, 0.3) is 11.8 Å². The number of thiophene rings is 1. The number of carbonyl (C=O) groups is 3. The van der Waals surface area contributed by atoms with E-state index in [4.69, 9.17) is 5.11 Å². The number of hydrogen-bond acceptors (Lipinski definition) is 5. The lowest BCUT2D eigenvalue weighted by Gasteiger charge is -2.15. The summed E-state index contributed by atoms with van der Waals surface area (Å²) in [6.07, 6.45) is 1.50. The summed E-state index contributed by atoms with van der Waals surface area (Å²) in [6, 6.07) is 9.31. The Morgan fingerprint density at radius 2 is 1.92 bits per heavy atom. The van der Waals surface area contributed by atoms with Crippen molar-refractivity contribution < 1.29 is 19.5 Å². The number of aliphatic carboxylic acids is 1. The molecule has 1 atom stereocenters. The second-order valence-electron chi connectivity index (χ2n) is 5.44. The molecule has 26 heavy (non-hydrogen) atoms. The molecule has 3 N–H and O–H groups in total. The van der Waals surface area contributed by atoms with Gasteiger partial charge in [0, 0.05) is 16.2 Å². The molecule has 2 aromatic rings. The summed E-state index contributed by atoms with van der Waals surface area (Å²) >= 11 is 5.31. The van der Waals surface area contributed by atoms with Crippen LogP contribution < -0.4 is 10.6 Å². The van der Waals surface area contributed by atoms with Crippen molar-refractivity contribution in [1.29, 1.82) is 0 Å². The zero-order chi connectivity index (χ0) is 19.1. The molecule has 0 aliphatic rings. The molecule has 0 aliphatic heterocycles. The number of hydrogen-bond donors (Lipinski definition) is 4. The van der Waals surface area contributed by atoms with Gasteiger partial charge in [-0.1, -0.05) is 23.8 Å². The second kappa shape index (κ2) is 9.21. The van der Waals surface area contributed by atoms with Gasteiger partial charge in [0.15, 0.2) is 0 Å². The molecule has 2 rings (SSSR count). The van der Waals surface area contributed by atoms with Crippen molar-refractivity contribution in [3.63, 3.8) is 0 Å². The van der Waals surface area contributed by atoms with Gasteiger partial charge in [0.2, 0.25) is 0 Å². The van der Waals surface area contributed by atoms with Gasteiger partial charge < -0.3 is 15.7 Å². The largest absolute Gasteiger partial charge is 0.480 e. The van der Waals surface area contributed by atoms with Crippen molar-refractivity contribution in [2.75, 3.05) is 5.75 Å². The smallest absolute Gasteiger partial charge is 0.327 e. The molecule has 0 saturated carbocycles. The first kappa shape index (κ1) is 19.7. The predicted molar refractivity (Wildman–Crippen MR) is 104 cm³/mol. The topological polar surface area (TPSA) is 95.5 Å². The number of amides is 2. The Labute approximate surface area is 160 Å². The molecule has 0 fully saturated rings. The van der Waals surface area contributed by atoms with E-state index in [9.17, 15) is 14.4 Å². The van der Waals surface area contributed by atoms with Crippen molar-refractivity contribution in [1.82, 2.24) is 10.6 Å². The lowest BCUT2D eigenvalue weighted by atomic mass is 10.1. The minimum Gasteiger partial charge on any atom is -0.480 e. The molecular formula is C18H18N2O4S2. The zero-order valence-electron chi connectivity index (χ0n) is 13.9. The number of thiol groups is 1. The minimum absolute atomic E-state index is 0.0361. The molecule has 0 spiro atoms. The van der Waals surface area contributed by atoms with Gasteiger partial charge in [-0.25, -0.2) is 4.79 Å². The summed E-state index contributed by atoms with van der Waals surface area (Å²) in [7, 11) is 0. The Bertz CT molecular complexity index is 814. The lowest BCUT2D eigenvalue weighted by Crippen LogP contribution is -2.45. The number of carboxylic acid groups (broad SMARTS) is 1. The Hall–Kier alpha value is -2.58. The van der Waals surface area contributed by atoms with Crippen LogP contribution in [0, 0.1) is 6.92 Å². The molecule has 0 radical (unpaired) electrons. The van der Waals surface area contributed by atoms with Crippen molar-refractivity contribution in [3.8, 4) is 0 Å². The first-order valence-electron chi connectivity index (χ1n) is 7.68. The summed E-state index contributed by atoms with van der Waals surface area (Å²) in [5, 5.41) is 15.8. The van der Waals surface area contributed by atoms with E-state index in [0.717, 1.165) is 10.4 Å². The van der Waals surface area contributed by atoms with Crippen LogP contribution in [-0.4, -0.2) is 34.7 Å². The Balaban J connectivity index is 2.24. The fraction of sp³-hybridized carbons (Fsp3) is 0.167. The van der Waals surface area contributed by atoms with E-state index in [1.54, 1.807) is 30.3 Å². The highest BCUT2D eigenvalue weighted by Gasteiger charge is 2.22. The Morgan fingerprint density at radius 1 is 1.23 bits per heavy atom. The molecule has 2 amide bonds. The van der Waals surface area contributed by atoms with Gasteiger partial charge in [0.1, 0.15) is 11.7 Å². The number of carbonyl (C=O) groups excluding carboxylic acids is 2. The number of nitrogens with one attached hydrogen (secondary N) is 2. The average Bonchev–Trinajstić information content (AvgIpc) is 3.12. The van der Waals surface area contributed by atoms with Gasteiger partial charge in [-0.05, 0) is 36.6 Å². The van der Waals surface area contributed by atoms with Gasteiger partial charge in [-0.2, -0.15) is 12.6 Å². The van der Waals surface area contributed by atoms with E-state index < -0.39 is 23.8 Å². The van der Waals surface area contributed by atoms with Crippen molar-refractivity contribution in [2.24, 2.45) is 0 Å². The number of carboxylic acids is 1. The predicted octanol–water partition coefficient (Wildman–Crippen LogP) is 2.33. The fourth-order valence-corrected chi connectivity index (χ4v) is 2.90. The van der Waals surface area contributed by atoms with Gasteiger partial charge in [-0.15, -0.1) is 11.3 Å². The summed E-state index contributed by atoms with van der Waals surface area (Å²) in [6.45, 7) is 1.90. The highest BCUT2D eigenvalue weighted by molar-refractivity contribution is 7.80. The molecule has 8 heteroatoms. The average molecular weight is 390 g/mol. The molecule has 0 bridgehead atoms. The Kier molecular flexibility index (Phi) is 6.99. The van der Waals surface area contributed by atoms with Crippen LogP contribution in [0.3, 0.4) is 0 Å². The summed E-state index contributed by atoms with van der Waals surface area (Å²) in [4.78, 5) is 36.8. The molecule has 6 nitrogen and oxygen atoms in total. The van der Waals surface area contributed by atoms with E-state index in [0.29, 0.717) is 5.56 Å². The SMILES string of the molecule is Cc1ccc(C(=O)N/C(=C/c2cccs2)C(=O)N[C@@H](CS)C(=O)O)cc1. The molecule has 136 valence electrons. The standard InChI is InChI=1S/C18H18N2O4S2/c1-11-4-6-12(7-5-11)16(21)19-14(9-13-3-2-8-26-13)17(22)20-15(10-25)18(23)24/h2-9,15,25H,10H2,1H3,(H,19,21)(H,20,22)(H,23,24)/b14-9+/t15-/m0/s1. The van der Waals surface area contributed by atoms with Crippen LogP contribution in [-0.2, 0) is 9.59 Å². The first-order chi connectivity index (χ1) is 12.4. The van der Waals surface area contributed by atoms with Crippen LogP contribution in [0.5, 0.6) is 0 Å². The highest BCUT2D eigenvalue weighted by atomic mass is 32.1. The molecule has 0 aliphatic carbocycles. The minimum atomic E-state index is -1.20. The molecular weight excluding hydrogens is 372 g/mol. The molecule has 0 saturated heterocycles. The van der Waals surface area contributed by atoms with E-state index in [-0.39, 0.29) is 11.4 Å². The Morgan fingerprint density at radius 3 is 2.46 bits per heavy atom. The summed E-state index contributed by atoms with van der Waals surface area (Å²) in [5.74, 6) is -2.42. The van der Waals surface area contributed by atoms with Crippen LogP contribution >= 0.6 is 24.0 Å². The first-order valence-corrected chi connectivity index (χ1v) is 9.19. The maximum atomic E-state index is 12.5. The van der Waals surface area contributed by atoms with E-state index >= 15 is 0 Å². The van der Waals surface area contributed by atoms with Crippen LogP contribution in [0.2, 0.25) is 0 Å². The van der Waals surface area contributed by atoms with E-state index in [2.05, 4.69) is 23.3 Å². The zero-order valence-corrected chi connectivity index (χ0v) is 15.6. The van der Waals surface area contributed by atoms with Gasteiger partial charge in [0.05, 0.1) is 0 Å². The third kappa shape index (κ3) is 5.47. The normalized spacial score (nSPS) is 12.3. The molecule has 1 aromatic heterocycles. The third-order valence-electron chi connectivity index (χ3n) is 3.42. The maximum Gasteiger partial charge on any atom is 0.327 e. The van der Waals surface area contributed by atoms with Gasteiger partial charge >= 0.3 is 5.97 Å². The maximum absolute atomic E-state index is 12.5. The van der Waals surface area contributed by atoms with Gasteiger partial charge in [-0.3, -0.25) is 9.59 Å². The van der Waals surface area contributed by atoms with Crippen LogP contribution in [0.25, 0.3) is 6.08 Å². The van der Waals surface area contributed by atoms with Crippen molar-refractivity contribution in [2.45, 2.75) is 13.0 Å². The number of aryl methyl sites for hydroxylation is 1. The number of benzene rings is 1. The lowest BCUT2D eigenvalue weighted by molar-refractivity contribution is -0.140. The van der Waals surface area contributed by atoms with Crippen molar-refractivity contribution >= 4 is 47.8 Å². The number of rotatable bonds is 7. The fourth-order valence-electron chi connectivity index (χ4n) is 1.99. The molecule has 0 unspecified atom stereocenters. The second-order valence-corrected chi connectivity index (χ2v) is 6.78. The van der Waals surface area contributed by atoms with Crippen LogP contribution in [0.4, 0.5) is 0 Å². The summed E-state index contributed by atoms with van der Waals surface area (Å²) < 4.78 is 0. The third-order valence-corrected chi connectivity index (χ3v) is 4.61. The monoisotopic (exact) mass is 390 g/mol. The van der Waals surface area contributed by atoms with Crippen LogP contribution in [0.15, 0.2) is 47.5 Å². The van der Waals surface area contributed by atoms with Crippen molar-refractivity contribution in [3.05, 3.63) is 63.5 Å². The van der Waals surface area contributed by atoms with Crippen LogP contribution in [0.1, 0.15) is 20.8 Å². The molecule has 1 aromatic carbocycles. The summed E-state index contributed by atoms with van der Waals surface area (Å²) in [5.41, 5.74) is 1.36.